The maximum atomic E-state index is 13.0. The number of amides is 1. The summed E-state index contributed by atoms with van der Waals surface area (Å²) in [5.41, 5.74) is 2.31. The molecule has 1 aromatic heterocycles. The molecule has 3 aromatic carbocycles. The summed E-state index contributed by atoms with van der Waals surface area (Å²) in [6.45, 7) is 5.34. The topological polar surface area (TPSA) is 90.3 Å². The molecule has 0 radical (unpaired) electrons. The van der Waals surface area contributed by atoms with Crippen molar-refractivity contribution in [3.63, 3.8) is 0 Å². The van der Waals surface area contributed by atoms with Crippen LogP contribution < -0.4 is 10.9 Å². The van der Waals surface area contributed by atoms with Gasteiger partial charge in [-0.1, -0.05) is 42.5 Å². The minimum Gasteiger partial charge on any atom is -0.463 e. The number of carbonyl (C=O) groups excluding carboxylic acids is 2. The van der Waals surface area contributed by atoms with E-state index in [2.05, 4.69) is 10.3 Å². The highest BCUT2D eigenvalue weighted by Crippen LogP contribution is 2.19. The van der Waals surface area contributed by atoms with Gasteiger partial charge < -0.3 is 10.1 Å². The number of nitrogens with zero attached hydrogens (tertiary/aromatic N) is 2. The number of ether oxygens (including phenoxy) is 1. The van der Waals surface area contributed by atoms with Gasteiger partial charge in [0.1, 0.15) is 5.82 Å². The van der Waals surface area contributed by atoms with Crippen molar-refractivity contribution >= 4 is 22.8 Å². The number of hydrogen-bond acceptors (Lipinski definition) is 5. The van der Waals surface area contributed by atoms with Gasteiger partial charge in [-0.25, -0.2) is 4.98 Å². The monoisotopic (exact) mass is 469 g/mol. The van der Waals surface area contributed by atoms with E-state index < -0.39 is 6.04 Å². The minimum atomic E-state index is -0.538. The van der Waals surface area contributed by atoms with Crippen molar-refractivity contribution in [2.24, 2.45) is 0 Å². The number of aromatic nitrogens is 2. The molecular formula is C28H27N3O4. The van der Waals surface area contributed by atoms with Crippen molar-refractivity contribution in [1.82, 2.24) is 14.9 Å². The van der Waals surface area contributed by atoms with E-state index in [9.17, 15) is 14.4 Å². The molecule has 0 spiro atoms. The fourth-order valence-electron chi connectivity index (χ4n) is 3.97. The van der Waals surface area contributed by atoms with Crippen LogP contribution in [-0.4, -0.2) is 27.5 Å². The number of aryl methyl sites for hydroxylation is 1. The first kappa shape index (κ1) is 23.9. The van der Waals surface area contributed by atoms with Crippen LogP contribution in [0.1, 0.15) is 48.1 Å². The van der Waals surface area contributed by atoms with E-state index in [1.807, 2.05) is 42.5 Å². The van der Waals surface area contributed by atoms with E-state index in [0.717, 1.165) is 5.56 Å². The summed E-state index contributed by atoms with van der Waals surface area (Å²) in [5, 5.41) is 3.47. The number of benzene rings is 3. The fourth-order valence-corrected chi connectivity index (χ4v) is 3.97. The maximum absolute atomic E-state index is 13.0. The second-order valence-electron chi connectivity index (χ2n) is 8.54. The van der Waals surface area contributed by atoms with Crippen LogP contribution in [0.2, 0.25) is 0 Å². The molecule has 0 fully saturated rings. The Morgan fingerprint density at radius 3 is 2.29 bits per heavy atom. The average molecular weight is 470 g/mol. The first-order valence-electron chi connectivity index (χ1n) is 11.5. The molecule has 4 rings (SSSR count). The number of carbonyl (C=O) groups is 2. The van der Waals surface area contributed by atoms with Gasteiger partial charge in [-0.15, -0.1) is 0 Å². The third-order valence-electron chi connectivity index (χ3n) is 5.58. The Morgan fingerprint density at radius 1 is 0.943 bits per heavy atom. The predicted molar refractivity (Wildman–Crippen MR) is 135 cm³/mol. The van der Waals surface area contributed by atoms with Gasteiger partial charge in [-0.05, 0) is 62.7 Å². The summed E-state index contributed by atoms with van der Waals surface area (Å²) < 4.78 is 6.81. The Labute approximate surface area is 203 Å². The van der Waals surface area contributed by atoms with Crippen molar-refractivity contribution in [3.8, 4) is 5.69 Å². The molecule has 0 aliphatic carbocycles. The Bertz CT molecular complexity index is 1410. The molecule has 0 saturated carbocycles. The van der Waals surface area contributed by atoms with Crippen molar-refractivity contribution < 1.29 is 14.3 Å². The van der Waals surface area contributed by atoms with Crippen LogP contribution in [0.25, 0.3) is 16.6 Å². The zero-order valence-corrected chi connectivity index (χ0v) is 19.9. The molecule has 0 saturated heterocycles. The Morgan fingerprint density at radius 2 is 1.60 bits per heavy atom. The lowest BCUT2D eigenvalue weighted by Crippen LogP contribution is -2.31. The first-order valence-corrected chi connectivity index (χ1v) is 11.5. The van der Waals surface area contributed by atoms with Gasteiger partial charge in [0.15, 0.2) is 0 Å². The van der Waals surface area contributed by atoms with Crippen molar-refractivity contribution in [2.45, 2.75) is 39.3 Å². The van der Waals surface area contributed by atoms with E-state index in [4.69, 9.17) is 4.74 Å². The molecule has 1 amide bonds. The molecule has 1 N–H and O–H groups in total. The molecule has 0 aliphatic rings. The van der Waals surface area contributed by atoms with Gasteiger partial charge in [-0.3, -0.25) is 19.0 Å². The number of fused-ring (bicyclic) bond motifs is 1. The Kier molecular flexibility index (Phi) is 7.06. The van der Waals surface area contributed by atoms with E-state index in [1.54, 1.807) is 57.2 Å². The SMILES string of the molecule is Cc1nc2ccccc2c(=O)n1-c1ccc(C(=O)NC(CC(=O)OC(C)C)c2ccccc2)cc1. The van der Waals surface area contributed by atoms with Crippen LogP contribution in [0.3, 0.4) is 0 Å². The average Bonchev–Trinajstić information content (AvgIpc) is 2.84. The van der Waals surface area contributed by atoms with Crippen LogP contribution in [0.5, 0.6) is 0 Å². The Balaban J connectivity index is 1.58. The largest absolute Gasteiger partial charge is 0.463 e. The fraction of sp³-hybridized carbons (Fsp3) is 0.214. The van der Waals surface area contributed by atoms with Crippen LogP contribution in [0.15, 0.2) is 83.7 Å². The molecule has 1 atom stereocenters. The van der Waals surface area contributed by atoms with Crippen LogP contribution in [0.4, 0.5) is 0 Å². The van der Waals surface area contributed by atoms with Gasteiger partial charge in [-0.2, -0.15) is 0 Å². The smallest absolute Gasteiger partial charge is 0.308 e. The lowest BCUT2D eigenvalue weighted by Gasteiger charge is -2.19. The molecule has 0 bridgehead atoms. The normalized spacial score (nSPS) is 11.9. The molecule has 1 heterocycles. The summed E-state index contributed by atoms with van der Waals surface area (Å²) in [6.07, 6.45) is -0.220. The summed E-state index contributed by atoms with van der Waals surface area (Å²) in [6, 6.07) is 22.7. The molecule has 4 aromatic rings. The molecule has 0 aliphatic heterocycles. The zero-order chi connectivity index (χ0) is 24.9. The van der Waals surface area contributed by atoms with Crippen molar-refractivity contribution in [1.29, 1.82) is 0 Å². The van der Waals surface area contributed by atoms with Gasteiger partial charge in [0.05, 0.1) is 35.2 Å². The summed E-state index contributed by atoms with van der Waals surface area (Å²) in [4.78, 5) is 42.9. The van der Waals surface area contributed by atoms with E-state index in [1.165, 1.54) is 4.57 Å². The van der Waals surface area contributed by atoms with Crippen LogP contribution in [0, 0.1) is 6.92 Å². The number of esters is 1. The highest BCUT2D eigenvalue weighted by Gasteiger charge is 2.21. The molecular weight excluding hydrogens is 442 g/mol. The third-order valence-corrected chi connectivity index (χ3v) is 5.58. The lowest BCUT2D eigenvalue weighted by atomic mass is 10.0. The van der Waals surface area contributed by atoms with Gasteiger partial charge >= 0.3 is 5.97 Å². The predicted octanol–water partition coefficient (Wildman–Crippen LogP) is 4.51. The summed E-state index contributed by atoms with van der Waals surface area (Å²) in [5.74, 6) is -0.162. The zero-order valence-electron chi connectivity index (χ0n) is 19.9. The second-order valence-corrected chi connectivity index (χ2v) is 8.54. The highest BCUT2D eigenvalue weighted by molar-refractivity contribution is 5.95. The molecule has 7 nitrogen and oxygen atoms in total. The van der Waals surface area contributed by atoms with Crippen LogP contribution in [-0.2, 0) is 9.53 Å². The first-order chi connectivity index (χ1) is 16.8. The summed E-state index contributed by atoms with van der Waals surface area (Å²) >= 11 is 0. The highest BCUT2D eigenvalue weighted by atomic mass is 16.5. The van der Waals surface area contributed by atoms with Gasteiger partial charge in [0.25, 0.3) is 11.5 Å². The second kappa shape index (κ2) is 10.3. The lowest BCUT2D eigenvalue weighted by molar-refractivity contribution is -0.147. The van der Waals surface area contributed by atoms with Crippen molar-refractivity contribution in [2.75, 3.05) is 0 Å². The standard InChI is InChI=1S/C28H27N3O4/c1-18(2)35-26(32)17-25(20-9-5-4-6-10-20)30-27(33)21-13-15-22(16-14-21)31-19(3)29-24-12-8-7-11-23(24)28(31)34/h4-16,18,25H,17H2,1-3H3,(H,30,33). The number of hydrogen-bond donors (Lipinski definition) is 1. The quantitative estimate of drug-likeness (QED) is 0.402. The number of rotatable bonds is 7. The van der Waals surface area contributed by atoms with E-state index in [0.29, 0.717) is 28.0 Å². The van der Waals surface area contributed by atoms with E-state index in [-0.39, 0.29) is 30.0 Å². The molecule has 7 heteroatoms. The van der Waals surface area contributed by atoms with E-state index >= 15 is 0 Å². The Hall–Kier alpha value is -4.26. The minimum absolute atomic E-state index is 0.0172. The van der Waals surface area contributed by atoms with Gasteiger partial charge in [0, 0.05) is 5.56 Å². The number of para-hydroxylation sites is 1. The molecule has 178 valence electrons. The maximum Gasteiger partial charge on any atom is 0.308 e. The van der Waals surface area contributed by atoms with Gasteiger partial charge in [0.2, 0.25) is 0 Å². The molecule has 35 heavy (non-hydrogen) atoms. The number of nitrogens with one attached hydrogen (secondary N) is 1. The van der Waals surface area contributed by atoms with Crippen LogP contribution >= 0.6 is 0 Å². The van der Waals surface area contributed by atoms with Crippen molar-refractivity contribution in [3.05, 3.63) is 106 Å². The summed E-state index contributed by atoms with van der Waals surface area (Å²) in [7, 11) is 0. The third kappa shape index (κ3) is 5.46. The molecule has 1 unspecified atom stereocenters.